The first-order valence-corrected chi connectivity index (χ1v) is 10.7. The summed E-state index contributed by atoms with van der Waals surface area (Å²) in [6.45, 7) is 9.03. The van der Waals surface area contributed by atoms with E-state index < -0.39 is 0 Å². The van der Waals surface area contributed by atoms with E-state index in [2.05, 4.69) is 4.90 Å². The number of nitro groups is 1. The molecule has 4 rings (SSSR count). The second-order valence-corrected chi connectivity index (χ2v) is 7.94. The molecule has 164 valence electrons. The predicted octanol–water partition coefficient (Wildman–Crippen LogP) is -1.00. The van der Waals surface area contributed by atoms with E-state index in [0.717, 1.165) is 31.9 Å². The van der Waals surface area contributed by atoms with Gasteiger partial charge in [0, 0.05) is 37.9 Å². The van der Waals surface area contributed by atoms with Crippen LogP contribution in [0.5, 0.6) is 0 Å². The first kappa shape index (κ1) is 20.8. The topological polar surface area (TPSA) is 92.8 Å². The van der Waals surface area contributed by atoms with Crippen LogP contribution in [0.25, 0.3) is 0 Å². The number of ether oxygens (including phenoxy) is 2. The zero-order valence-corrected chi connectivity index (χ0v) is 17.3. The van der Waals surface area contributed by atoms with E-state index in [9.17, 15) is 14.9 Å². The molecule has 1 amide bonds. The summed E-state index contributed by atoms with van der Waals surface area (Å²) in [5.41, 5.74) is 1.81. The molecule has 1 aromatic rings. The molecule has 30 heavy (non-hydrogen) atoms. The second kappa shape index (κ2) is 9.59. The first-order chi connectivity index (χ1) is 14.6. The van der Waals surface area contributed by atoms with Gasteiger partial charge in [-0.1, -0.05) is 0 Å². The molecule has 0 aliphatic carbocycles. The number of rotatable bonds is 5. The summed E-state index contributed by atoms with van der Waals surface area (Å²) >= 11 is 0. The molecule has 3 saturated heterocycles. The van der Waals surface area contributed by atoms with E-state index in [0.29, 0.717) is 64.8 Å². The molecule has 0 spiro atoms. The van der Waals surface area contributed by atoms with Crippen LogP contribution in [-0.2, 0) is 14.3 Å². The van der Waals surface area contributed by atoms with Gasteiger partial charge in [-0.2, -0.15) is 0 Å². The Morgan fingerprint density at radius 1 is 0.967 bits per heavy atom. The third kappa shape index (κ3) is 4.82. The third-order valence-corrected chi connectivity index (χ3v) is 6.11. The lowest BCUT2D eigenvalue weighted by atomic mass is 10.1. The van der Waals surface area contributed by atoms with E-state index in [-0.39, 0.29) is 16.5 Å². The number of nitrogens with one attached hydrogen (secondary N) is 1. The van der Waals surface area contributed by atoms with Crippen LogP contribution in [-0.4, -0.2) is 101 Å². The van der Waals surface area contributed by atoms with Gasteiger partial charge in [-0.15, -0.1) is 0 Å². The third-order valence-electron chi connectivity index (χ3n) is 6.11. The maximum Gasteiger partial charge on any atom is 0.292 e. The van der Waals surface area contributed by atoms with Gasteiger partial charge in [-0.05, 0) is 12.1 Å². The van der Waals surface area contributed by atoms with Crippen LogP contribution in [0, 0.1) is 10.1 Å². The first-order valence-electron chi connectivity index (χ1n) is 10.7. The number of nitro benzene ring substituents is 1. The highest BCUT2D eigenvalue weighted by atomic mass is 16.6. The van der Waals surface area contributed by atoms with Crippen LogP contribution < -0.4 is 14.7 Å². The molecule has 0 saturated carbocycles. The lowest BCUT2D eigenvalue weighted by Crippen LogP contribution is -3.16. The Balaban J connectivity index is 1.38. The highest BCUT2D eigenvalue weighted by Crippen LogP contribution is 2.33. The molecule has 0 atom stereocenters. The zero-order valence-electron chi connectivity index (χ0n) is 17.3. The number of anilines is 2. The SMILES string of the molecule is O=C(C[NH+]1CCN(c2ccc([N+](=O)[O-])c(N3CCOCC3)c2)CC1)N1CCOCC1. The van der Waals surface area contributed by atoms with Gasteiger partial charge in [0.05, 0.1) is 57.5 Å². The summed E-state index contributed by atoms with van der Waals surface area (Å²) in [6.07, 6.45) is 0. The summed E-state index contributed by atoms with van der Waals surface area (Å²) in [5, 5.41) is 11.5. The summed E-state index contributed by atoms with van der Waals surface area (Å²) in [6, 6.07) is 5.39. The highest BCUT2D eigenvalue weighted by Gasteiger charge is 2.28. The standard InChI is InChI=1S/C20H29N5O5/c26-20(24-9-13-30-14-10-24)16-21-3-5-22(6-4-21)17-1-2-18(25(27)28)19(15-17)23-7-11-29-12-8-23/h1-2,15H,3-14,16H2/p+1. The van der Waals surface area contributed by atoms with Crippen LogP contribution in [0.3, 0.4) is 0 Å². The minimum Gasteiger partial charge on any atom is -0.378 e. The Labute approximate surface area is 176 Å². The monoisotopic (exact) mass is 420 g/mol. The van der Waals surface area contributed by atoms with Gasteiger partial charge in [0.25, 0.3) is 11.6 Å². The van der Waals surface area contributed by atoms with Crippen LogP contribution in [0.4, 0.5) is 17.1 Å². The van der Waals surface area contributed by atoms with Crippen molar-refractivity contribution in [2.24, 2.45) is 0 Å². The van der Waals surface area contributed by atoms with Crippen molar-refractivity contribution in [2.75, 3.05) is 95.1 Å². The highest BCUT2D eigenvalue weighted by molar-refractivity contribution is 5.77. The van der Waals surface area contributed by atoms with Crippen molar-refractivity contribution in [3.63, 3.8) is 0 Å². The number of benzene rings is 1. The fourth-order valence-electron chi connectivity index (χ4n) is 4.32. The molecule has 1 N–H and O–H groups in total. The Kier molecular flexibility index (Phi) is 6.66. The molecule has 3 fully saturated rings. The van der Waals surface area contributed by atoms with Crippen LogP contribution in [0.2, 0.25) is 0 Å². The minimum atomic E-state index is -0.312. The number of quaternary nitrogens is 1. The summed E-state index contributed by atoms with van der Waals surface area (Å²) < 4.78 is 10.7. The number of morpholine rings is 2. The normalized spacial score (nSPS) is 21.0. The number of carbonyl (C=O) groups excluding carboxylic acids is 1. The van der Waals surface area contributed by atoms with Crippen molar-refractivity contribution in [2.45, 2.75) is 0 Å². The van der Waals surface area contributed by atoms with Crippen molar-refractivity contribution in [1.29, 1.82) is 0 Å². The Hall–Kier alpha value is -2.43. The fourth-order valence-corrected chi connectivity index (χ4v) is 4.32. The van der Waals surface area contributed by atoms with E-state index in [1.165, 1.54) is 4.90 Å². The zero-order chi connectivity index (χ0) is 20.9. The smallest absolute Gasteiger partial charge is 0.292 e. The number of carbonyl (C=O) groups is 1. The molecule has 3 heterocycles. The van der Waals surface area contributed by atoms with Crippen molar-refractivity contribution < 1.29 is 24.1 Å². The van der Waals surface area contributed by atoms with E-state index in [1.807, 2.05) is 21.9 Å². The molecule has 10 heteroatoms. The van der Waals surface area contributed by atoms with E-state index in [1.54, 1.807) is 6.07 Å². The maximum absolute atomic E-state index is 12.5. The molecule has 0 bridgehead atoms. The average molecular weight is 420 g/mol. The van der Waals surface area contributed by atoms with Crippen LogP contribution in [0.15, 0.2) is 18.2 Å². The molecule has 0 radical (unpaired) electrons. The van der Waals surface area contributed by atoms with Crippen molar-refractivity contribution in [1.82, 2.24) is 4.90 Å². The number of hydrogen-bond donors (Lipinski definition) is 1. The van der Waals surface area contributed by atoms with Crippen molar-refractivity contribution >= 4 is 23.0 Å². The number of amides is 1. The van der Waals surface area contributed by atoms with Crippen LogP contribution >= 0.6 is 0 Å². The number of hydrogen-bond acceptors (Lipinski definition) is 7. The van der Waals surface area contributed by atoms with E-state index in [4.69, 9.17) is 9.47 Å². The molecule has 3 aliphatic rings. The molecule has 1 aromatic carbocycles. The van der Waals surface area contributed by atoms with Gasteiger partial charge in [0.2, 0.25) is 0 Å². The predicted molar refractivity (Wildman–Crippen MR) is 111 cm³/mol. The van der Waals surface area contributed by atoms with Gasteiger partial charge < -0.3 is 29.1 Å². The van der Waals surface area contributed by atoms with Gasteiger partial charge in [0.15, 0.2) is 6.54 Å². The Morgan fingerprint density at radius 2 is 1.60 bits per heavy atom. The van der Waals surface area contributed by atoms with Crippen molar-refractivity contribution in [3.05, 3.63) is 28.3 Å². The number of nitrogens with zero attached hydrogens (tertiary/aromatic N) is 4. The van der Waals surface area contributed by atoms with Gasteiger partial charge >= 0.3 is 0 Å². The summed E-state index contributed by atoms with van der Waals surface area (Å²) in [7, 11) is 0. The maximum atomic E-state index is 12.5. The van der Waals surface area contributed by atoms with E-state index >= 15 is 0 Å². The Morgan fingerprint density at radius 3 is 2.23 bits per heavy atom. The second-order valence-electron chi connectivity index (χ2n) is 7.94. The number of piperazine rings is 1. The fraction of sp³-hybridized carbons (Fsp3) is 0.650. The molecular weight excluding hydrogens is 390 g/mol. The largest absolute Gasteiger partial charge is 0.378 e. The van der Waals surface area contributed by atoms with Gasteiger partial charge in [0.1, 0.15) is 5.69 Å². The molecule has 0 unspecified atom stereocenters. The summed E-state index contributed by atoms with van der Waals surface area (Å²) in [5.74, 6) is 0.201. The van der Waals surface area contributed by atoms with Gasteiger partial charge in [-0.3, -0.25) is 14.9 Å². The lowest BCUT2D eigenvalue weighted by Gasteiger charge is -2.35. The molecular formula is C20H30N5O5+. The summed E-state index contributed by atoms with van der Waals surface area (Å²) in [4.78, 5) is 31.2. The quantitative estimate of drug-likeness (QED) is 0.482. The van der Waals surface area contributed by atoms with Gasteiger partial charge in [-0.25, -0.2) is 0 Å². The molecule has 10 nitrogen and oxygen atoms in total. The van der Waals surface area contributed by atoms with Crippen LogP contribution in [0.1, 0.15) is 0 Å². The molecule has 3 aliphatic heterocycles. The molecule has 0 aromatic heterocycles. The average Bonchev–Trinajstić information content (AvgIpc) is 2.80. The Bertz CT molecular complexity index is 756. The van der Waals surface area contributed by atoms with Crippen molar-refractivity contribution in [3.8, 4) is 0 Å². The minimum absolute atomic E-state index is 0.140. The lowest BCUT2D eigenvalue weighted by molar-refractivity contribution is -0.892.